The molecule has 1 aromatic rings. The van der Waals surface area contributed by atoms with Crippen LogP contribution in [0.25, 0.3) is 0 Å². The average molecular weight is 286 g/mol. The van der Waals surface area contributed by atoms with Crippen LogP contribution in [0.3, 0.4) is 0 Å². The fourth-order valence-corrected chi connectivity index (χ4v) is 1.63. The van der Waals surface area contributed by atoms with E-state index in [4.69, 9.17) is 5.73 Å². The first-order valence-corrected chi connectivity index (χ1v) is 5.34. The Morgan fingerprint density at radius 3 is 2.22 bits per heavy atom. The second-order valence-electron chi connectivity index (χ2n) is 4.47. The first kappa shape index (κ1) is 17.2. The first-order chi connectivity index (χ1) is 7.71. The van der Waals surface area contributed by atoms with E-state index in [1.807, 2.05) is 13.8 Å². The molecule has 1 rings (SSSR count). The Morgan fingerprint density at radius 1 is 1.22 bits per heavy atom. The van der Waals surface area contributed by atoms with Crippen molar-refractivity contribution in [2.75, 3.05) is 0 Å². The number of rotatable bonds is 3. The number of halogens is 5. The van der Waals surface area contributed by atoms with Crippen molar-refractivity contribution in [3.63, 3.8) is 0 Å². The Balaban J connectivity index is 0.00000289. The average Bonchev–Trinajstić information content (AvgIpc) is 2.15. The van der Waals surface area contributed by atoms with Crippen molar-refractivity contribution >= 4 is 12.4 Å². The lowest BCUT2D eigenvalue weighted by molar-refractivity contribution is -0.140. The van der Waals surface area contributed by atoms with Gasteiger partial charge in [-0.2, -0.15) is 13.2 Å². The van der Waals surface area contributed by atoms with Gasteiger partial charge in [0.15, 0.2) is 0 Å². The maximum atomic E-state index is 13.0. The molecule has 18 heavy (non-hydrogen) atoms. The third-order valence-electron chi connectivity index (χ3n) is 2.45. The van der Waals surface area contributed by atoms with E-state index in [1.54, 1.807) is 0 Å². The molecule has 0 aromatic heterocycles. The molecule has 0 radical (unpaired) electrons. The zero-order valence-corrected chi connectivity index (χ0v) is 10.9. The molecule has 0 heterocycles. The summed E-state index contributed by atoms with van der Waals surface area (Å²) < 4.78 is 50.5. The lowest BCUT2D eigenvalue weighted by Crippen LogP contribution is -2.15. The molecule has 0 spiro atoms. The normalized spacial score (nSPS) is 13.3. The number of hydrogen-bond donors (Lipinski definition) is 1. The van der Waals surface area contributed by atoms with Crippen molar-refractivity contribution in [2.45, 2.75) is 32.5 Å². The second-order valence-corrected chi connectivity index (χ2v) is 4.47. The maximum absolute atomic E-state index is 13.0. The minimum Gasteiger partial charge on any atom is -0.324 e. The van der Waals surface area contributed by atoms with Crippen LogP contribution >= 0.6 is 12.4 Å². The van der Waals surface area contributed by atoms with Crippen LogP contribution in [-0.4, -0.2) is 0 Å². The van der Waals surface area contributed by atoms with Crippen LogP contribution in [-0.2, 0) is 6.18 Å². The summed E-state index contributed by atoms with van der Waals surface area (Å²) in [5.74, 6) is -0.998. The third kappa shape index (κ3) is 4.46. The standard InChI is InChI=1S/C12H15F4N.ClH/c1-7(2)5-11(17)8-3-4-10(13)9(6-8)12(14,15)16;/h3-4,6-7,11H,5,17H2,1-2H3;1H/t11-;/m1./s1. The minimum absolute atomic E-state index is 0. The maximum Gasteiger partial charge on any atom is 0.419 e. The fraction of sp³-hybridized carbons (Fsp3) is 0.500. The molecule has 6 heteroatoms. The van der Waals surface area contributed by atoms with E-state index in [2.05, 4.69) is 0 Å². The molecule has 0 aliphatic rings. The number of benzene rings is 1. The highest BCUT2D eigenvalue weighted by molar-refractivity contribution is 5.85. The SMILES string of the molecule is CC(C)C[C@@H](N)c1ccc(F)c(C(F)(F)F)c1.Cl. The van der Waals surface area contributed by atoms with Crippen LogP contribution in [0.15, 0.2) is 18.2 Å². The van der Waals surface area contributed by atoms with Gasteiger partial charge in [-0.15, -0.1) is 12.4 Å². The summed E-state index contributed by atoms with van der Waals surface area (Å²) >= 11 is 0. The number of alkyl halides is 3. The summed E-state index contributed by atoms with van der Waals surface area (Å²) in [4.78, 5) is 0. The smallest absolute Gasteiger partial charge is 0.324 e. The summed E-state index contributed by atoms with van der Waals surface area (Å²) in [6.07, 6.45) is -4.12. The molecule has 0 unspecified atom stereocenters. The molecule has 0 saturated heterocycles. The minimum atomic E-state index is -4.68. The van der Waals surface area contributed by atoms with Gasteiger partial charge >= 0.3 is 6.18 Å². The molecule has 0 aliphatic heterocycles. The van der Waals surface area contributed by atoms with E-state index in [0.29, 0.717) is 12.0 Å². The third-order valence-corrected chi connectivity index (χ3v) is 2.45. The van der Waals surface area contributed by atoms with Crippen molar-refractivity contribution in [1.82, 2.24) is 0 Å². The Hall–Kier alpha value is -0.810. The second kappa shape index (κ2) is 6.38. The topological polar surface area (TPSA) is 26.0 Å². The van der Waals surface area contributed by atoms with Crippen LogP contribution in [0.5, 0.6) is 0 Å². The van der Waals surface area contributed by atoms with Crippen molar-refractivity contribution < 1.29 is 17.6 Å². The van der Waals surface area contributed by atoms with Crippen LogP contribution in [0.4, 0.5) is 17.6 Å². The van der Waals surface area contributed by atoms with E-state index in [0.717, 1.165) is 12.1 Å². The van der Waals surface area contributed by atoms with Crippen molar-refractivity contribution in [2.24, 2.45) is 11.7 Å². The molecule has 2 N–H and O–H groups in total. The first-order valence-electron chi connectivity index (χ1n) is 5.34. The van der Waals surface area contributed by atoms with Crippen LogP contribution in [0, 0.1) is 11.7 Å². The van der Waals surface area contributed by atoms with E-state index >= 15 is 0 Å². The number of nitrogens with two attached hydrogens (primary N) is 1. The van der Waals surface area contributed by atoms with Gasteiger partial charge < -0.3 is 5.73 Å². The molecular formula is C12H16ClF4N. The molecule has 0 saturated carbocycles. The largest absolute Gasteiger partial charge is 0.419 e. The molecule has 0 aliphatic carbocycles. The summed E-state index contributed by atoms with van der Waals surface area (Å²) in [5.41, 5.74) is 4.83. The zero-order chi connectivity index (χ0) is 13.2. The van der Waals surface area contributed by atoms with Gasteiger partial charge in [0, 0.05) is 6.04 Å². The van der Waals surface area contributed by atoms with E-state index < -0.39 is 23.6 Å². The highest BCUT2D eigenvalue weighted by atomic mass is 35.5. The van der Waals surface area contributed by atoms with E-state index in [1.165, 1.54) is 6.07 Å². The van der Waals surface area contributed by atoms with Gasteiger partial charge in [0.05, 0.1) is 5.56 Å². The summed E-state index contributed by atoms with van der Waals surface area (Å²) in [6, 6.07) is 2.41. The highest BCUT2D eigenvalue weighted by Crippen LogP contribution is 2.33. The molecule has 0 fully saturated rings. The zero-order valence-electron chi connectivity index (χ0n) is 10.1. The van der Waals surface area contributed by atoms with Crippen LogP contribution in [0.2, 0.25) is 0 Å². The monoisotopic (exact) mass is 285 g/mol. The van der Waals surface area contributed by atoms with Gasteiger partial charge in [0.25, 0.3) is 0 Å². The highest BCUT2D eigenvalue weighted by Gasteiger charge is 2.34. The molecule has 1 nitrogen and oxygen atoms in total. The van der Waals surface area contributed by atoms with Gasteiger partial charge in [-0.1, -0.05) is 19.9 Å². The quantitative estimate of drug-likeness (QED) is 0.823. The molecule has 104 valence electrons. The number of hydrogen-bond acceptors (Lipinski definition) is 1. The lowest BCUT2D eigenvalue weighted by atomic mass is 9.96. The predicted octanol–water partition coefficient (Wildman–Crippen LogP) is 4.31. The summed E-state index contributed by atoms with van der Waals surface area (Å²) in [7, 11) is 0. The molecule has 0 amide bonds. The molecular weight excluding hydrogens is 270 g/mol. The Bertz CT molecular complexity index is 390. The predicted molar refractivity (Wildman–Crippen MR) is 65.0 cm³/mol. The lowest BCUT2D eigenvalue weighted by Gasteiger charge is -2.16. The summed E-state index contributed by atoms with van der Waals surface area (Å²) in [6.45, 7) is 3.85. The fourth-order valence-electron chi connectivity index (χ4n) is 1.63. The molecule has 1 aromatic carbocycles. The molecule has 1 atom stereocenters. The van der Waals surface area contributed by atoms with Gasteiger partial charge in [0.2, 0.25) is 0 Å². The van der Waals surface area contributed by atoms with Gasteiger partial charge in [-0.05, 0) is 30.0 Å². The van der Waals surface area contributed by atoms with Crippen LogP contribution in [0.1, 0.15) is 37.4 Å². The van der Waals surface area contributed by atoms with Crippen molar-refractivity contribution in [3.8, 4) is 0 Å². The van der Waals surface area contributed by atoms with E-state index in [-0.39, 0.29) is 18.3 Å². The van der Waals surface area contributed by atoms with Gasteiger partial charge in [-0.25, -0.2) is 4.39 Å². The Kier molecular flexibility index (Phi) is 6.10. The van der Waals surface area contributed by atoms with Crippen molar-refractivity contribution in [1.29, 1.82) is 0 Å². The summed E-state index contributed by atoms with van der Waals surface area (Å²) in [5, 5.41) is 0. The van der Waals surface area contributed by atoms with Crippen molar-refractivity contribution in [3.05, 3.63) is 35.1 Å². The van der Waals surface area contributed by atoms with Crippen LogP contribution < -0.4 is 5.73 Å². The Morgan fingerprint density at radius 2 is 1.78 bits per heavy atom. The molecule has 0 bridgehead atoms. The Labute approximate surface area is 110 Å². The van der Waals surface area contributed by atoms with E-state index in [9.17, 15) is 17.6 Å². The van der Waals surface area contributed by atoms with Gasteiger partial charge in [-0.3, -0.25) is 0 Å². The van der Waals surface area contributed by atoms with Gasteiger partial charge in [0.1, 0.15) is 5.82 Å².